The van der Waals surface area contributed by atoms with Crippen molar-refractivity contribution >= 4 is 11.8 Å². The fourth-order valence-electron chi connectivity index (χ4n) is 5.03. The van der Waals surface area contributed by atoms with E-state index in [0.29, 0.717) is 18.8 Å². The number of esters is 1. The number of Topliss-reactive ketones (excluding diaryl/α,β-unsaturated/α-hetero) is 1. The Hall–Kier alpha value is -3.20. The smallest absolute Gasteiger partial charge is 0.318 e. The lowest BCUT2D eigenvalue weighted by atomic mass is 9.74. The van der Waals surface area contributed by atoms with Gasteiger partial charge < -0.3 is 4.74 Å². The predicted octanol–water partition coefficient (Wildman–Crippen LogP) is 5.15. The van der Waals surface area contributed by atoms with Gasteiger partial charge in [-0.15, -0.1) is 0 Å². The lowest BCUT2D eigenvalue weighted by molar-refractivity contribution is -0.152. The average molecular weight is 411 g/mol. The zero-order valence-electron chi connectivity index (χ0n) is 17.4. The number of cyclic esters (lactones) is 1. The Labute approximate surface area is 183 Å². The van der Waals surface area contributed by atoms with Crippen molar-refractivity contribution in [1.29, 1.82) is 0 Å². The monoisotopic (exact) mass is 410 g/mol. The molecule has 1 aliphatic carbocycles. The number of benzene rings is 3. The van der Waals surface area contributed by atoms with Crippen LogP contribution in [0.1, 0.15) is 35.4 Å². The molecule has 2 atom stereocenters. The van der Waals surface area contributed by atoms with Crippen molar-refractivity contribution in [2.24, 2.45) is 11.8 Å². The van der Waals surface area contributed by atoms with Gasteiger partial charge >= 0.3 is 5.97 Å². The van der Waals surface area contributed by atoms with Crippen LogP contribution in [0, 0.1) is 11.8 Å². The van der Waals surface area contributed by atoms with E-state index in [1.54, 1.807) is 0 Å². The number of rotatable bonds is 7. The summed E-state index contributed by atoms with van der Waals surface area (Å²) in [5, 5.41) is 0. The molecule has 0 N–H and O–H groups in total. The van der Waals surface area contributed by atoms with Crippen LogP contribution in [0.4, 0.5) is 0 Å². The maximum atomic E-state index is 14.0. The van der Waals surface area contributed by atoms with E-state index in [1.807, 2.05) is 91.0 Å². The highest BCUT2D eigenvalue weighted by Gasteiger charge is 2.59. The third kappa shape index (κ3) is 3.93. The largest absolute Gasteiger partial charge is 0.450 e. The molecule has 1 saturated heterocycles. The summed E-state index contributed by atoms with van der Waals surface area (Å²) in [7, 11) is 0. The minimum atomic E-state index is -1.16. The predicted molar refractivity (Wildman–Crippen MR) is 120 cm³/mol. The highest BCUT2D eigenvalue weighted by Crippen LogP contribution is 2.51. The number of ether oxygens (including phenoxy) is 1. The zero-order valence-corrected chi connectivity index (χ0v) is 17.4. The van der Waals surface area contributed by atoms with Crippen LogP contribution in [0.2, 0.25) is 0 Å². The van der Waals surface area contributed by atoms with Gasteiger partial charge in [-0.25, -0.2) is 0 Å². The van der Waals surface area contributed by atoms with Crippen LogP contribution in [0.25, 0.3) is 0 Å². The van der Waals surface area contributed by atoms with Crippen LogP contribution in [0.15, 0.2) is 91.0 Å². The minimum absolute atomic E-state index is 0.0639. The topological polar surface area (TPSA) is 43.4 Å². The summed E-state index contributed by atoms with van der Waals surface area (Å²) < 4.78 is 6.07. The molecule has 2 unspecified atom stereocenters. The molecule has 2 aliphatic rings. The molecule has 31 heavy (non-hydrogen) atoms. The Morgan fingerprint density at radius 3 is 1.71 bits per heavy atom. The first-order chi connectivity index (χ1) is 15.2. The summed E-state index contributed by atoms with van der Waals surface area (Å²) in [5.41, 5.74) is 1.91. The molecule has 0 amide bonds. The van der Waals surface area contributed by atoms with Crippen molar-refractivity contribution in [1.82, 2.24) is 0 Å². The van der Waals surface area contributed by atoms with Crippen molar-refractivity contribution in [3.05, 3.63) is 108 Å². The summed E-state index contributed by atoms with van der Waals surface area (Å²) >= 11 is 0. The van der Waals surface area contributed by atoms with E-state index in [-0.39, 0.29) is 17.7 Å². The molecule has 1 heterocycles. The number of hydrogen-bond donors (Lipinski definition) is 0. The van der Waals surface area contributed by atoms with E-state index in [2.05, 4.69) is 0 Å². The molecule has 3 heteroatoms. The van der Waals surface area contributed by atoms with Gasteiger partial charge in [-0.1, -0.05) is 91.0 Å². The maximum Gasteiger partial charge on any atom is 0.318 e. The normalized spacial score (nSPS) is 21.0. The van der Waals surface area contributed by atoms with Crippen LogP contribution in [-0.2, 0) is 27.2 Å². The Morgan fingerprint density at radius 2 is 1.23 bits per heavy atom. The van der Waals surface area contributed by atoms with Crippen LogP contribution in [-0.4, -0.2) is 17.4 Å². The van der Waals surface area contributed by atoms with Gasteiger partial charge in [-0.05, 0) is 35.4 Å². The maximum absolute atomic E-state index is 14.0. The third-order valence-electron chi connectivity index (χ3n) is 6.62. The van der Waals surface area contributed by atoms with Gasteiger partial charge in [0.1, 0.15) is 5.92 Å². The molecule has 0 spiro atoms. The number of ketones is 1. The van der Waals surface area contributed by atoms with Gasteiger partial charge in [0.05, 0.1) is 0 Å². The van der Waals surface area contributed by atoms with Crippen LogP contribution in [0.3, 0.4) is 0 Å². The molecule has 156 valence electrons. The van der Waals surface area contributed by atoms with Gasteiger partial charge in [0.25, 0.3) is 0 Å². The summed E-state index contributed by atoms with van der Waals surface area (Å²) in [5.74, 6) is -0.895. The SMILES string of the molecule is O=C1OC(Cc2ccccc2)(Cc2ccccc2)C(=O)C1C(c1ccccc1)C1CC1. The minimum Gasteiger partial charge on any atom is -0.450 e. The lowest BCUT2D eigenvalue weighted by Gasteiger charge is -2.27. The van der Waals surface area contributed by atoms with Gasteiger partial charge in [-0.2, -0.15) is 0 Å². The first-order valence-electron chi connectivity index (χ1n) is 11.1. The second-order valence-corrected chi connectivity index (χ2v) is 8.86. The molecular formula is C28H26O3. The van der Waals surface area contributed by atoms with Crippen molar-refractivity contribution in [2.75, 3.05) is 0 Å². The highest BCUT2D eigenvalue weighted by molar-refractivity contribution is 6.10. The molecule has 2 fully saturated rings. The number of carbonyl (C=O) groups is 2. The molecular weight excluding hydrogens is 384 g/mol. The Kier molecular flexibility index (Phi) is 5.19. The van der Waals surface area contributed by atoms with Gasteiger partial charge in [0.15, 0.2) is 11.4 Å². The van der Waals surface area contributed by atoms with Crippen molar-refractivity contribution in [2.45, 2.75) is 37.2 Å². The van der Waals surface area contributed by atoms with E-state index in [9.17, 15) is 9.59 Å². The van der Waals surface area contributed by atoms with E-state index >= 15 is 0 Å². The van der Waals surface area contributed by atoms with Gasteiger partial charge in [0.2, 0.25) is 0 Å². The second-order valence-electron chi connectivity index (χ2n) is 8.86. The molecule has 3 nitrogen and oxygen atoms in total. The standard InChI is InChI=1S/C28H26O3/c29-26-25(24(23-16-17-23)22-14-8-3-9-15-22)27(30)31-28(26,18-20-10-4-1-5-11-20)19-21-12-6-2-7-13-21/h1-15,23-25H,16-19H2. The molecule has 0 radical (unpaired) electrons. The molecule has 1 aliphatic heterocycles. The third-order valence-corrected chi connectivity index (χ3v) is 6.62. The second kappa shape index (κ2) is 8.14. The number of carbonyl (C=O) groups excluding carboxylic acids is 2. The summed E-state index contributed by atoms with van der Waals surface area (Å²) in [6, 6.07) is 29.8. The first kappa shape index (κ1) is 19.7. The van der Waals surface area contributed by atoms with Crippen LogP contribution in [0.5, 0.6) is 0 Å². The Balaban J connectivity index is 1.54. The fraction of sp³-hybridized carbons (Fsp3) is 0.286. The summed E-state index contributed by atoms with van der Waals surface area (Å²) in [6.45, 7) is 0. The van der Waals surface area contributed by atoms with E-state index in [0.717, 1.165) is 29.5 Å². The number of hydrogen-bond acceptors (Lipinski definition) is 3. The van der Waals surface area contributed by atoms with E-state index < -0.39 is 11.5 Å². The van der Waals surface area contributed by atoms with Crippen LogP contribution >= 0.6 is 0 Å². The highest BCUT2D eigenvalue weighted by atomic mass is 16.6. The van der Waals surface area contributed by atoms with Gasteiger partial charge in [0, 0.05) is 18.8 Å². The average Bonchev–Trinajstić information content (AvgIpc) is 3.60. The van der Waals surface area contributed by atoms with Crippen molar-refractivity contribution in [3.8, 4) is 0 Å². The first-order valence-corrected chi connectivity index (χ1v) is 11.1. The summed E-state index contributed by atoms with van der Waals surface area (Å²) in [4.78, 5) is 27.3. The molecule has 3 aromatic rings. The lowest BCUT2D eigenvalue weighted by Crippen LogP contribution is -2.43. The Morgan fingerprint density at radius 1 is 0.742 bits per heavy atom. The molecule has 0 bridgehead atoms. The van der Waals surface area contributed by atoms with Crippen molar-refractivity contribution in [3.63, 3.8) is 0 Å². The van der Waals surface area contributed by atoms with Crippen LogP contribution < -0.4 is 0 Å². The molecule has 1 saturated carbocycles. The molecule has 0 aromatic heterocycles. The zero-order chi connectivity index (χ0) is 21.3. The molecule has 3 aromatic carbocycles. The summed E-state index contributed by atoms with van der Waals surface area (Å²) in [6.07, 6.45) is 2.91. The fourth-order valence-corrected chi connectivity index (χ4v) is 5.03. The quantitative estimate of drug-likeness (QED) is 0.400. The van der Waals surface area contributed by atoms with Gasteiger partial charge in [-0.3, -0.25) is 9.59 Å². The van der Waals surface area contributed by atoms with E-state index in [4.69, 9.17) is 4.74 Å². The van der Waals surface area contributed by atoms with E-state index in [1.165, 1.54) is 0 Å². The molecule has 5 rings (SSSR count). The Bertz CT molecular complexity index is 1010. The van der Waals surface area contributed by atoms with Crippen molar-refractivity contribution < 1.29 is 14.3 Å².